The molecule has 33 heavy (non-hydrogen) atoms. The van der Waals surface area contributed by atoms with Gasteiger partial charge in [0.25, 0.3) is 0 Å². The Bertz CT molecular complexity index is 856. The molecule has 0 N–H and O–H groups in total. The summed E-state index contributed by atoms with van der Waals surface area (Å²) in [4.78, 5) is 31.4. The van der Waals surface area contributed by atoms with Crippen molar-refractivity contribution in [2.75, 3.05) is 46.4 Å². The van der Waals surface area contributed by atoms with Crippen molar-refractivity contribution in [1.82, 2.24) is 14.7 Å². The molecule has 2 aliphatic rings. The van der Waals surface area contributed by atoms with Crippen LogP contribution in [-0.4, -0.2) is 84.7 Å². The quantitative estimate of drug-likeness (QED) is 0.620. The molecule has 1 aromatic rings. The van der Waals surface area contributed by atoms with E-state index in [4.69, 9.17) is 21.1 Å². The lowest BCUT2D eigenvalue weighted by molar-refractivity contribution is -0.137. The second-order valence-electron chi connectivity index (χ2n) is 10.1. The minimum absolute atomic E-state index is 0.136. The van der Waals surface area contributed by atoms with Crippen molar-refractivity contribution < 1.29 is 19.1 Å². The van der Waals surface area contributed by atoms with Crippen LogP contribution in [-0.2, 0) is 22.4 Å². The zero-order chi connectivity index (χ0) is 24.3. The Morgan fingerprint density at radius 3 is 2.27 bits per heavy atom. The first-order valence-electron chi connectivity index (χ1n) is 11.9. The molecule has 1 atom stereocenters. The van der Waals surface area contributed by atoms with Crippen LogP contribution in [0.25, 0.3) is 0 Å². The van der Waals surface area contributed by atoms with Crippen LogP contribution in [0.2, 0.25) is 5.02 Å². The molecule has 3 rings (SSSR count). The molecule has 2 amide bonds. The fourth-order valence-corrected chi connectivity index (χ4v) is 4.76. The SMILES string of the molecule is CCc1cc(C[C@@H](C)C(=O)N2CCN(C3CN(C(=O)OC(C)(C)C)C3)CC2)c(OC)cc1Cl. The summed E-state index contributed by atoms with van der Waals surface area (Å²) >= 11 is 6.32. The zero-order valence-corrected chi connectivity index (χ0v) is 21.6. The monoisotopic (exact) mass is 479 g/mol. The maximum absolute atomic E-state index is 13.1. The Morgan fingerprint density at radius 1 is 1.09 bits per heavy atom. The maximum Gasteiger partial charge on any atom is 0.410 e. The average molecular weight is 480 g/mol. The van der Waals surface area contributed by atoms with Gasteiger partial charge in [-0.1, -0.05) is 31.5 Å². The number of rotatable bonds is 6. The highest BCUT2D eigenvalue weighted by Crippen LogP contribution is 2.30. The van der Waals surface area contributed by atoms with Crippen LogP contribution >= 0.6 is 11.6 Å². The Labute approximate surface area is 202 Å². The Hall–Kier alpha value is -1.99. The average Bonchev–Trinajstić information content (AvgIpc) is 2.72. The number of methoxy groups -OCH3 is 1. The first-order chi connectivity index (χ1) is 15.5. The van der Waals surface area contributed by atoms with Gasteiger partial charge in [-0.15, -0.1) is 0 Å². The van der Waals surface area contributed by atoms with Crippen LogP contribution in [0.3, 0.4) is 0 Å². The topological polar surface area (TPSA) is 62.3 Å². The van der Waals surface area contributed by atoms with Crippen LogP contribution < -0.4 is 4.74 Å². The van der Waals surface area contributed by atoms with Gasteiger partial charge in [-0.3, -0.25) is 9.69 Å². The van der Waals surface area contributed by atoms with E-state index in [1.54, 1.807) is 12.0 Å². The molecule has 0 aliphatic carbocycles. The zero-order valence-electron chi connectivity index (χ0n) is 20.8. The summed E-state index contributed by atoms with van der Waals surface area (Å²) < 4.78 is 10.9. The van der Waals surface area contributed by atoms with E-state index in [-0.39, 0.29) is 17.9 Å². The highest BCUT2D eigenvalue weighted by molar-refractivity contribution is 6.31. The van der Waals surface area contributed by atoms with Gasteiger partial charge in [0.2, 0.25) is 5.91 Å². The summed E-state index contributed by atoms with van der Waals surface area (Å²) in [6.45, 7) is 14.2. The lowest BCUT2D eigenvalue weighted by atomic mass is 9.96. The molecule has 7 nitrogen and oxygen atoms in total. The van der Waals surface area contributed by atoms with Crippen molar-refractivity contribution in [3.05, 3.63) is 28.3 Å². The molecule has 2 fully saturated rings. The Kier molecular flexibility index (Phi) is 8.17. The van der Waals surface area contributed by atoms with Gasteiger partial charge in [0, 0.05) is 56.3 Å². The van der Waals surface area contributed by atoms with Gasteiger partial charge in [0.05, 0.1) is 7.11 Å². The highest BCUT2D eigenvalue weighted by atomic mass is 35.5. The fourth-order valence-electron chi connectivity index (χ4n) is 4.47. The van der Waals surface area contributed by atoms with Crippen molar-refractivity contribution in [1.29, 1.82) is 0 Å². The summed E-state index contributed by atoms with van der Waals surface area (Å²) in [5.74, 6) is 0.776. The van der Waals surface area contributed by atoms with E-state index in [1.165, 1.54) is 0 Å². The Morgan fingerprint density at radius 2 is 1.73 bits per heavy atom. The summed E-state index contributed by atoms with van der Waals surface area (Å²) in [6.07, 6.45) is 1.22. The van der Waals surface area contributed by atoms with Gasteiger partial charge in [-0.2, -0.15) is 0 Å². The molecule has 0 spiro atoms. The minimum atomic E-state index is -0.473. The second-order valence-corrected chi connectivity index (χ2v) is 10.5. The molecule has 0 radical (unpaired) electrons. The van der Waals surface area contributed by atoms with Gasteiger partial charge < -0.3 is 19.3 Å². The van der Waals surface area contributed by atoms with Gasteiger partial charge in [0.1, 0.15) is 11.4 Å². The molecule has 2 heterocycles. The van der Waals surface area contributed by atoms with E-state index in [2.05, 4.69) is 17.9 Å². The second kappa shape index (κ2) is 10.5. The largest absolute Gasteiger partial charge is 0.496 e. The molecule has 2 aliphatic heterocycles. The number of aryl methyl sites for hydroxylation is 1. The first-order valence-corrected chi connectivity index (χ1v) is 12.3. The number of halogens is 1. The number of carbonyl (C=O) groups is 2. The van der Waals surface area contributed by atoms with E-state index in [1.807, 2.05) is 38.7 Å². The van der Waals surface area contributed by atoms with Crippen LogP contribution in [0.15, 0.2) is 12.1 Å². The number of amides is 2. The molecular formula is C25H38ClN3O4. The third-order valence-corrected chi connectivity index (χ3v) is 6.79. The lowest BCUT2D eigenvalue weighted by Gasteiger charge is -2.48. The number of hydrogen-bond donors (Lipinski definition) is 0. The highest BCUT2D eigenvalue weighted by Gasteiger charge is 2.38. The molecule has 184 valence electrons. The number of hydrogen-bond acceptors (Lipinski definition) is 5. The van der Waals surface area contributed by atoms with Gasteiger partial charge >= 0.3 is 6.09 Å². The number of ether oxygens (including phenoxy) is 2. The van der Waals surface area contributed by atoms with Crippen molar-refractivity contribution in [3.8, 4) is 5.75 Å². The summed E-state index contributed by atoms with van der Waals surface area (Å²) in [6, 6.07) is 4.26. The Balaban J connectivity index is 1.48. The predicted molar refractivity (Wildman–Crippen MR) is 130 cm³/mol. The first kappa shape index (κ1) is 25.6. The van der Waals surface area contributed by atoms with E-state index in [0.717, 1.165) is 36.4 Å². The maximum atomic E-state index is 13.1. The van der Waals surface area contributed by atoms with Crippen molar-refractivity contribution >= 4 is 23.6 Å². The minimum Gasteiger partial charge on any atom is -0.496 e. The van der Waals surface area contributed by atoms with Crippen LogP contribution in [0.4, 0.5) is 4.79 Å². The molecule has 0 unspecified atom stereocenters. The summed E-state index contributed by atoms with van der Waals surface area (Å²) in [5, 5.41) is 0.703. The normalized spacial score (nSPS) is 18.6. The van der Waals surface area contributed by atoms with E-state index >= 15 is 0 Å². The lowest BCUT2D eigenvalue weighted by Crippen LogP contribution is -2.65. The summed E-state index contributed by atoms with van der Waals surface area (Å²) in [5.41, 5.74) is 1.62. The summed E-state index contributed by atoms with van der Waals surface area (Å²) in [7, 11) is 1.64. The number of carbonyl (C=O) groups excluding carboxylic acids is 2. The number of likely N-dealkylation sites (tertiary alicyclic amines) is 1. The molecule has 1 aromatic carbocycles. The third kappa shape index (κ3) is 6.33. The fraction of sp³-hybridized carbons (Fsp3) is 0.680. The predicted octanol–water partition coefficient (Wildman–Crippen LogP) is 3.85. The van der Waals surface area contributed by atoms with E-state index < -0.39 is 5.60 Å². The van der Waals surface area contributed by atoms with Crippen LogP contribution in [0.1, 0.15) is 45.7 Å². The molecule has 0 bridgehead atoms. The molecular weight excluding hydrogens is 442 g/mol. The van der Waals surface area contributed by atoms with Crippen molar-refractivity contribution in [2.24, 2.45) is 5.92 Å². The van der Waals surface area contributed by atoms with Gasteiger partial charge in [0.15, 0.2) is 0 Å². The standard InChI is InChI=1S/C25H38ClN3O4/c1-7-18-13-19(22(32-6)14-21(18)26)12-17(2)23(30)28-10-8-27(9-11-28)20-15-29(16-20)24(31)33-25(3,4)5/h13-14,17,20H,7-12,15-16H2,1-6H3/t17-/m1/s1. The van der Waals surface area contributed by atoms with Crippen LogP contribution in [0.5, 0.6) is 5.75 Å². The molecule has 0 saturated carbocycles. The van der Waals surface area contributed by atoms with E-state index in [0.29, 0.717) is 43.7 Å². The van der Waals surface area contributed by atoms with Gasteiger partial charge in [-0.05, 0) is 50.8 Å². The van der Waals surface area contributed by atoms with Crippen molar-refractivity contribution in [2.45, 2.75) is 59.1 Å². The third-order valence-electron chi connectivity index (χ3n) is 6.43. The van der Waals surface area contributed by atoms with Crippen molar-refractivity contribution in [3.63, 3.8) is 0 Å². The van der Waals surface area contributed by atoms with Gasteiger partial charge in [-0.25, -0.2) is 4.79 Å². The molecule has 2 saturated heterocycles. The molecule has 8 heteroatoms. The number of nitrogens with zero attached hydrogens (tertiary/aromatic N) is 3. The molecule has 0 aromatic heterocycles. The number of benzene rings is 1. The van der Waals surface area contributed by atoms with E-state index in [9.17, 15) is 9.59 Å². The van der Waals surface area contributed by atoms with Crippen LogP contribution in [0, 0.1) is 5.92 Å². The number of piperazine rings is 1. The smallest absolute Gasteiger partial charge is 0.410 e.